The van der Waals surface area contributed by atoms with Crippen LogP contribution in [0.5, 0.6) is 0 Å². The summed E-state index contributed by atoms with van der Waals surface area (Å²) in [5, 5.41) is 2.94. The van der Waals surface area contributed by atoms with Gasteiger partial charge in [0.15, 0.2) is 0 Å². The van der Waals surface area contributed by atoms with E-state index in [0.29, 0.717) is 25.1 Å². The third kappa shape index (κ3) is 7.82. The molecule has 0 radical (unpaired) electrons. The lowest BCUT2D eigenvalue weighted by atomic mass is 10.1. The first kappa shape index (κ1) is 23.9. The lowest BCUT2D eigenvalue weighted by Crippen LogP contribution is -2.51. The van der Waals surface area contributed by atoms with Crippen molar-refractivity contribution in [3.8, 4) is 0 Å². The highest BCUT2D eigenvalue weighted by atomic mass is 32.2. The fraction of sp³-hybridized carbons (Fsp3) is 0.417. The molecular formula is C24H31FN2O2S. The van der Waals surface area contributed by atoms with Crippen molar-refractivity contribution >= 4 is 23.6 Å². The van der Waals surface area contributed by atoms with Gasteiger partial charge in [-0.1, -0.05) is 49.4 Å². The Morgan fingerprint density at radius 3 is 2.30 bits per heavy atom. The first-order chi connectivity index (χ1) is 14.4. The van der Waals surface area contributed by atoms with Gasteiger partial charge in [-0.3, -0.25) is 9.59 Å². The highest BCUT2D eigenvalue weighted by Crippen LogP contribution is 2.16. The summed E-state index contributed by atoms with van der Waals surface area (Å²) >= 11 is 1.48. The maximum absolute atomic E-state index is 13.1. The van der Waals surface area contributed by atoms with E-state index in [1.165, 1.54) is 23.9 Å². The molecule has 0 aliphatic carbocycles. The van der Waals surface area contributed by atoms with Gasteiger partial charge in [-0.15, -0.1) is 11.8 Å². The second kappa shape index (κ2) is 12.4. The van der Waals surface area contributed by atoms with Gasteiger partial charge in [-0.05, 0) is 49.9 Å². The molecule has 4 nitrogen and oxygen atoms in total. The minimum absolute atomic E-state index is 0.0190. The number of hydrogen-bond donors (Lipinski definition) is 1. The van der Waals surface area contributed by atoms with Crippen LogP contribution in [-0.4, -0.2) is 41.1 Å². The summed E-state index contributed by atoms with van der Waals surface area (Å²) in [6, 6.07) is 15.8. The normalized spacial score (nSPS) is 11.9. The van der Waals surface area contributed by atoms with Crippen LogP contribution >= 0.6 is 11.8 Å². The molecule has 1 unspecified atom stereocenters. The highest BCUT2D eigenvalue weighted by molar-refractivity contribution is 7.99. The van der Waals surface area contributed by atoms with E-state index >= 15 is 0 Å². The van der Waals surface area contributed by atoms with Gasteiger partial charge in [0.2, 0.25) is 11.8 Å². The lowest BCUT2D eigenvalue weighted by Gasteiger charge is -2.31. The zero-order valence-electron chi connectivity index (χ0n) is 17.9. The Morgan fingerprint density at radius 2 is 1.70 bits per heavy atom. The molecule has 1 atom stereocenters. The third-order valence-electron chi connectivity index (χ3n) is 4.71. The van der Waals surface area contributed by atoms with Crippen molar-refractivity contribution in [1.29, 1.82) is 0 Å². The molecule has 0 saturated carbocycles. The summed E-state index contributed by atoms with van der Waals surface area (Å²) in [5.74, 6) is 0.459. The van der Waals surface area contributed by atoms with E-state index in [1.54, 1.807) is 17.0 Å². The van der Waals surface area contributed by atoms with E-state index in [9.17, 15) is 14.0 Å². The molecule has 1 N–H and O–H groups in total. The molecule has 0 saturated heterocycles. The minimum Gasteiger partial charge on any atom is -0.352 e. The lowest BCUT2D eigenvalue weighted by molar-refractivity contribution is -0.139. The molecular weight excluding hydrogens is 399 g/mol. The number of carbonyl (C=O) groups is 2. The first-order valence-electron chi connectivity index (χ1n) is 10.4. The number of hydrogen-bond acceptors (Lipinski definition) is 3. The average Bonchev–Trinajstić information content (AvgIpc) is 2.72. The summed E-state index contributed by atoms with van der Waals surface area (Å²) < 4.78 is 13.1. The van der Waals surface area contributed by atoms with Crippen LogP contribution in [0.4, 0.5) is 4.39 Å². The predicted octanol–water partition coefficient (Wildman–Crippen LogP) is 4.43. The number of halogens is 1. The number of carbonyl (C=O) groups excluding carboxylic acids is 2. The summed E-state index contributed by atoms with van der Waals surface area (Å²) in [7, 11) is 0. The number of rotatable bonds is 11. The maximum atomic E-state index is 13.1. The quantitative estimate of drug-likeness (QED) is 0.574. The van der Waals surface area contributed by atoms with Crippen molar-refractivity contribution in [1.82, 2.24) is 10.2 Å². The van der Waals surface area contributed by atoms with Crippen molar-refractivity contribution in [2.75, 3.05) is 12.3 Å². The predicted molar refractivity (Wildman–Crippen MR) is 122 cm³/mol. The van der Waals surface area contributed by atoms with Gasteiger partial charge in [-0.25, -0.2) is 4.39 Å². The van der Waals surface area contributed by atoms with Crippen molar-refractivity contribution in [3.05, 3.63) is 71.5 Å². The SMILES string of the molecule is CCC(C(=O)NC(C)C)N(CCc1ccccc1)C(=O)CSCc1ccc(F)cc1. The molecule has 0 bridgehead atoms. The molecule has 0 heterocycles. The molecule has 0 aliphatic rings. The molecule has 30 heavy (non-hydrogen) atoms. The van der Waals surface area contributed by atoms with Gasteiger partial charge in [0.25, 0.3) is 0 Å². The third-order valence-corrected chi connectivity index (χ3v) is 5.70. The van der Waals surface area contributed by atoms with Crippen LogP contribution in [0.1, 0.15) is 38.3 Å². The highest BCUT2D eigenvalue weighted by Gasteiger charge is 2.28. The summed E-state index contributed by atoms with van der Waals surface area (Å²) in [6.07, 6.45) is 1.25. The molecule has 0 fully saturated rings. The molecule has 162 valence electrons. The molecule has 6 heteroatoms. The van der Waals surface area contributed by atoms with Crippen molar-refractivity contribution in [2.24, 2.45) is 0 Å². The Hall–Kier alpha value is -2.34. The van der Waals surface area contributed by atoms with Crippen LogP contribution in [0.25, 0.3) is 0 Å². The Bertz CT molecular complexity index is 797. The van der Waals surface area contributed by atoms with E-state index in [1.807, 2.05) is 51.1 Å². The number of benzene rings is 2. The van der Waals surface area contributed by atoms with Crippen LogP contribution in [0.15, 0.2) is 54.6 Å². The van der Waals surface area contributed by atoms with E-state index in [2.05, 4.69) is 5.32 Å². The largest absolute Gasteiger partial charge is 0.352 e. The van der Waals surface area contributed by atoms with Gasteiger partial charge in [0.1, 0.15) is 11.9 Å². The van der Waals surface area contributed by atoms with Crippen molar-refractivity contribution < 1.29 is 14.0 Å². The Kier molecular flexibility index (Phi) is 9.87. The Morgan fingerprint density at radius 1 is 1.03 bits per heavy atom. The second-order valence-electron chi connectivity index (χ2n) is 7.53. The molecule has 0 aromatic heterocycles. The fourth-order valence-corrected chi connectivity index (χ4v) is 4.07. The zero-order chi connectivity index (χ0) is 21.9. The number of nitrogens with one attached hydrogen (secondary N) is 1. The summed E-state index contributed by atoms with van der Waals surface area (Å²) in [4.78, 5) is 27.5. The van der Waals surface area contributed by atoms with Gasteiger partial charge in [0.05, 0.1) is 5.75 Å². The van der Waals surface area contributed by atoms with Gasteiger partial charge in [-0.2, -0.15) is 0 Å². The number of amides is 2. The number of nitrogens with zero attached hydrogens (tertiary/aromatic N) is 1. The summed E-state index contributed by atoms with van der Waals surface area (Å²) in [5.41, 5.74) is 2.10. The smallest absolute Gasteiger partial charge is 0.242 e. The van der Waals surface area contributed by atoms with Crippen molar-refractivity contribution in [2.45, 2.75) is 51.4 Å². The minimum atomic E-state index is -0.491. The molecule has 0 spiro atoms. The van der Waals surface area contributed by atoms with E-state index < -0.39 is 6.04 Å². The van der Waals surface area contributed by atoms with Gasteiger partial charge >= 0.3 is 0 Å². The molecule has 0 aliphatic heterocycles. The standard InChI is InChI=1S/C24H31FN2O2S/c1-4-22(24(29)26-18(2)3)27(15-14-19-8-6-5-7-9-19)23(28)17-30-16-20-10-12-21(25)13-11-20/h5-13,18,22H,4,14-17H2,1-3H3,(H,26,29). The Balaban J connectivity index is 2.04. The molecule has 2 rings (SSSR count). The van der Waals surface area contributed by atoms with E-state index in [-0.39, 0.29) is 29.4 Å². The van der Waals surface area contributed by atoms with Crippen LogP contribution in [0, 0.1) is 5.82 Å². The zero-order valence-corrected chi connectivity index (χ0v) is 18.8. The summed E-state index contributed by atoms with van der Waals surface area (Å²) in [6.45, 7) is 6.25. The van der Waals surface area contributed by atoms with E-state index in [0.717, 1.165) is 11.1 Å². The number of thioether (sulfide) groups is 1. The maximum Gasteiger partial charge on any atom is 0.242 e. The molecule has 2 aromatic carbocycles. The second-order valence-corrected chi connectivity index (χ2v) is 8.51. The van der Waals surface area contributed by atoms with Crippen LogP contribution < -0.4 is 5.32 Å². The average molecular weight is 431 g/mol. The topological polar surface area (TPSA) is 49.4 Å². The Labute approximate surface area is 183 Å². The first-order valence-corrected chi connectivity index (χ1v) is 11.5. The van der Waals surface area contributed by atoms with Crippen molar-refractivity contribution in [3.63, 3.8) is 0 Å². The van der Waals surface area contributed by atoms with Crippen LogP contribution in [0.2, 0.25) is 0 Å². The fourth-order valence-electron chi connectivity index (χ4n) is 3.20. The van der Waals surface area contributed by atoms with Crippen LogP contribution in [0.3, 0.4) is 0 Å². The van der Waals surface area contributed by atoms with Gasteiger partial charge in [0, 0.05) is 18.3 Å². The molecule has 2 aromatic rings. The van der Waals surface area contributed by atoms with Crippen LogP contribution in [-0.2, 0) is 21.8 Å². The monoisotopic (exact) mass is 430 g/mol. The molecule has 2 amide bonds. The van der Waals surface area contributed by atoms with Gasteiger partial charge < -0.3 is 10.2 Å². The van der Waals surface area contributed by atoms with E-state index in [4.69, 9.17) is 0 Å².